The highest BCUT2D eigenvalue weighted by atomic mass is 35.5. The van der Waals surface area contributed by atoms with E-state index in [0.717, 1.165) is 12.1 Å². The van der Waals surface area contributed by atoms with Gasteiger partial charge in [-0.3, -0.25) is 4.79 Å². The van der Waals surface area contributed by atoms with Gasteiger partial charge in [-0.2, -0.15) is 0 Å². The summed E-state index contributed by atoms with van der Waals surface area (Å²) in [7, 11) is 0. The van der Waals surface area contributed by atoms with Crippen LogP contribution in [0.4, 0.5) is 8.78 Å². The van der Waals surface area contributed by atoms with Crippen molar-refractivity contribution in [2.75, 3.05) is 0 Å². The number of rotatable bonds is 3. The second-order valence-corrected chi connectivity index (χ2v) is 6.75. The number of benzene rings is 2. The molecule has 114 valence electrons. The molecule has 1 unspecified atom stereocenters. The van der Waals surface area contributed by atoms with Crippen molar-refractivity contribution in [3.63, 3.8) is 0 Å². The van der Waals surface area contributed by atoms with Crippen LogP contribution in [0.1, 0.15) is 12.0 Å². The largest absolute Gasteiger partial charge is 0.480 e. The van der Waals surface area contributed by atoms with Gasteiger partial charge in [0.05, 0.1) is 5.56 Å². The van der Waals surface area contributed by atoms with Crippen LogP contribution in [0.15, 0.2) is 42.5 Å². The first-order valence-corrected chi connectivity index (χ1v) is 7.21. The lowest BCUT2D eigenvalue weighted by Gasteiger charge is -2.14. The molecule has 1 atom stereocenters. The van der Waals surface area contributed by atoms with Crippen LogP contribution in [-0.2, 0) is 10.2 Å². The third kappa shape index (κ3) is 2.09. The molecule has 0 aliphatic heterocycles. The van der Waals surface area contributed by atoms with E-state index in [0.29, 0.717) is 11.1 Å². The van der Waals surface area contributed by atoms with Crippen LogP contribution in [0.3, 0.4) is 0 Å². The lowest BCUT2D eigenvalue weighted by Crippen LogP contribution is -2.26. The molecule has 0 heterocycles. The minimum Gasteiger partial charge on any atom is -0.480 e. The monoisotopic (exact) mass is 342 g/mol. The number of halogens is 4. The summed E-state index contributed by atoms with van der Waals surface area (Å²) in [5.41, 5.74) is -0.805. The first kappa shape index (κ1) is 15.3. The van der Waals surface area contributed by atoms with E-state index in [4.69, 9.17) is 23.2 Å². The van der Waals surface area contributed by atoms with Gasteiger partial charge in [0, 0.05) is 6.42 Å². The van der Waals surface area contributed by atoms with Gasteiger partial charge in [-0.15, -0.1) is 0 Å². The molecule has 0 aromatic heterocycles. The van der Waals surface area contributed by atoms with Crippen molar-refractivity contribution in [1.29, 1.82) is 0 Å². The first-order chi connectivity index (χ1) is 10.3. The average molecular weight is 343 g/mol. The number of alkyl halides is 2. The molecule has 1 fully saturated rings. The van der Waals surface area contributed by atoms with Crippen molar-refractivity contribution >= 4 is 29.2 Å². The minimum atomic E-state index is -1.37. The van der Waals surface area contributed by atoms with Gasteiger partial charge >= 0.3 is 5.97 Å². The molecule has 2 nitrogen and oxygen atoms in total. The first-order valence-electron chi connectivity index (χ1n) is 6.46. The van der Waals surface area contributed by atoms with Crippen LogP contribution in [0, 0.1) is 11.6 Å². The molecule has 2 aromatic carbocycles. The van der Waals surface area contributed by atoms with Crippen LogP contribution in [0.2, 0.25) is 0 Å². The number of hydrogen-bond donors (Lipinski definition) is 1. The molecular weight excluding hydrogens is 333 g/mol. The summed E-state index contributed by atoms with van der Waals surface area (Å²) in [6.07, 6.45) is 0.0891. The van der Waals surface area contributed by atoms with E-state index in [1.165, 1.54) is 30.3 Å². The third-order valence-electron chi connectivity index (χ3n) is 3.98. The van der Waals surface area contributed by atoms with Crippen LogP contribution in [-0.4, -0.2) is 15.4 Å². The van der Waals surface area contributed by atoms with Crippen molar-refractivity contribution in [2.24, 2.45) is 0 Å². The van der Waals surface area contributed by atoms with Gasteiger partial charge in [-0.1, -0.05) is 53.5 Å². The van der Waals surface area contributed by atoms with Gasteiger partial charge in [-0.05, 0) is 23.3 Å². The smallest absolute Gasteiger partial charge is 0.317 e. The molecule has 0 bridgehead atoms. The Hall–Kier alpha value is -1.65. The molecule has 1 saturated carbocycles. The molecule has 0 saturated heterocycles. The molecule has 1 N–H and O–H groups in total. The van der Waals surface area contributed by atoms with Crippen molar-refractivity contribution in [3.05, 3.63) is 59.7 Å². The Balaban J connectivity index is 2.03. The van der Waals surface area contributed by atoms with Gasteiger partial charge < -0.3 is 5.11 Å². The number of carboxylic acid groups (broad SMARTS) is 1. The predicted octanol–water partition coefficient (Wildman–Crippen LogP) is 4.53. The Morgan fingerprint density at radius 1 is 1.05 bits per heavy atom. The second kappa shape index (κ2) is 4.93. The van der Waals surface area contributed by atoms with Crippen molar-refractivity contribution in [2.45, 2.75) is 16.2 Å². The SMILES string of the molecule is O=C(O)C1(c2ccc(-c3c(F)cccc3F)cc2)CC1(Cl)Cl. The standard InChI is InChI=1S/C16H10Cl2F2O2/c17-16(18)8-15(16,14(21)22)10-6-4-9(5-7-10)13-11(19)2-1-3-12(13)20/h1-7H,8H2,(H,21,22). The fourth-order valence-electron chi connectivity index (χ4n) is 2.65. The predicted molar refractivity (Wildman–Crippen MR) is 80.2 cm³/mol. The summed E-state index contributed by atoms with van der Waals surface area (Å²) >= 11 is 11.9. The highest BCUT2D eigenvalue weighted by molar-refractivity contribution is 6.54. The molecule has 0 radical (unpaired) electrons. The molecule has 3 rings (SSSR count). The van der Waals surface area contributed by atoms with E-state index in [1.807, 2.05) is 0 Å². The Bertz CT molecular complexity index is 739. The Morgan fingerprint density at radius 3 is 1.95 bits per heavy atom. The minimum absolute atomic E-state index is 0.0891. The van der Waals surface area contributed by atoms with E-state index in [2.05, 4.69) is 0 Å². The fraction of sp³-hybridized carbons (Fsp3) is 0.188. The zero-order valence-corrected chi connectivity index (χ0v) is 12.6. The van der Waals surface area contributed by atoms with Gasteiger partial charge in [0.25, 0.3) is 0 Å². The summed E-state index contributed by atoms with van der Waals surface area (Å²) in [5.74, 6) is -2.49. The molecule has 1 aliphatic rings. The molecule has 2 aromatic rings. The highest BCUT2D eigenvalue weighted by Gasteiger charge is 2.72. The number of hydrogen-bond acceptors (Lipinski definition) is 1. The maximum Gasteiger partial charge on any atom is 0.317 e. The van der Waals surface area contributed by atoms with E-state index in [-0.39, 0.29) is 12.0 Å². The molecule has 1 aliphatic carbocycles. The van der Waals surface area contributed by atoms with Crippen molar-refractivity contribution < 1.29 is 18.7 Å². The number of carboxylic acids is 1. The quantitative estimate of drug-likeness (QED) is 0.832. The van der Waals surface area contributed by atoms with Gasteiger partial charge in [-0.25, -0.2) is 8.78 Å². The van der Waals surface area contributed by atoms with Crippen LogP contribution < -0.4 is 0 Å². The topological polar surface area (TPSA) is 37.3 Å². The number of aliphatic carboxylic acids is 1. The Morgan fingerprint density at radius 2 is 1.55 bits per heavy atom. The lowest BCUT2D eigenvalue weighted by atomic mass is 9.93. The van der Waals surface area contributed by atoms with Crippen LogP contribution in [0.25, 0.3) is 11.1 Å². The Labute approximate surface area is 135 Å². The summed E-state index contributed by atoms with van der Waals surface area (Å²) in [6, 6.07) is 9.50. The maximum absolute atomic E-state index is 13.8. The van der Waals surface area contributed by atoms with E-state index < -0.39 is 27.4 Å². The summed E-state index contributed by atoms with van der Waals surface area (Å²) in [4.78, 5) is 11.5. The fourth-order valence-corrected chi connectivity index (χ4v) is 3.43. The van der Waals surface area contributed by atoms with Gasteiger partial charge in [0.2, 0.25) is 0 Å². The summed E-state index contributed by atoms with van der Waals surface area (Å²) in [6.45, 7) is 0. The molecule has 6 heteroatoms. The number of carbonyl (C=O) groups is 1. The summed E-state index contributed by atoms with van der Waals surface area (Å²) in [5, 5.41) is 9.38. The van der Waals surface area contributed by atoms with Gasteiger partial charge in [0.15, 0.2) is 0 Å². The van der Waals surface area contributed by atoms with Crippen molar-refractivity contribution in [1.82, 2.24) is 0 Å². The van der Waals surface area contributed by atoms with Crippen LogP contribution >= 0.6 is 23.2 Å². The zero-order chi connectivity index (χ0) is 16.1. The molecule has 22 heavy (non-hydrogen) atoms. The second-order valence-electron chi connectivity index (χ2n) is 5.27. The third-order valence-corrected chi connectivity index (χ3v) is 4.89. The Kier molecular flexibility index (Phi) is 3.42. The van der Waals surface area contributed by atoms with Crippen LogP contribution in [0.5, 0.6) is 0 Å². The van der Waals surface area contributed by atoms with Gasteiger partial charge in [0.1, 0.15) is 21.4 Å². The molecule has 0 spiro atoms. The average Bonchev–Trinajstić information content (AvgIpc) is 3.04. The molecular formula is C16H10Cl2F2O2. The highest BCUT2D eigenvalue weighted by Crippen LogP contribution is 2.65. The lowest BCUT2D eigenvalue weighted by molar-refractivity contribution is -0.140. The van der Waals surface area contributed by atoms with E-state index in [9.17, 15) is 18.7 Å². The van der Waals surface area contributed by atoms with E-state index in [1.54, 1.807) is 0 Å². The van der Waals surface area contributed by atoms with Crippen molar-refractivity contribution in [3.8, 4) is 11.1 Å². The normalized spacial score (nSPS) is 22.4. The zero-order valence-electron chi connectivity index (χ0n) is 11.1. The maximum atomic E-state index is 13.8. The molecule has 0 amide bonds. The summed E-state index contributed by atoms with van der Waals surface area (Å²) < 4.78 is 26.1. The van der Waals surface area contributed by atoms with E-state index >= 15 is 0 Å².